The molecule has 14 heavy (non-hydrogen) atoms. The molecule has 2 atom stereocenters. The Morgan fingerprint density at radius 3 is 2.50 bits per heavy atom. The molecule has 1 aromatic rings. The first-order valence-corrected chi connectivity index (χ1v) is 5.92. The van der Waals surface area contributed by atoms with Gasteiger partial charge >= 0.3 is 0 Å². The summed E-state index contributed by atoms with van der Waals surface area (Å²) in [5.74, 6) is -0.0844. The van der Waals surface area contributed by atoms with Crippen molar-refractivity contribution in [3.05, 3.63) is 30.1 Å². The van der Waals surface area contributed by atoms with Crippen LogP contribution in [-0.4, -0.2) is 23.6 Å². The fourth-order valence-electron chi connectivity index (χ4n) is 2.26. The quantitative estimate of drug-likeness (QED) is 0.699. The highest BCUT2D eigenvalue weighted by Gasteiger charge is 2.38. The summed E-state index contributed by atoms with van der Waals surface area (Å²) < 4.78 is 13.5. The van der Waals surface area contributed by atoms with Crippen molar-refractivity contribution in [1.29, 1.82) is 0 Å². The van der Waals surface area contributed by atoms with Crippen LogP contribution in [0.15, 0.2) is 24.3 Å². The van der Waals surface area contributed by atoms with E-state index in [1.807, 2.05) is 12.1 Å². The normalized spacial score (nSPS) is 29.9. The molecule has 0 amide bonds. The van der Waals surface area contributed by atoms with Crippen molar-refractivity contribution >= 4 is 17.4 Å². The van der Waals surface area contributed by atoms with E-state index in [9.17, 15) is 4.39 Å². The van der Waals surface area contributed by atoms with Gasteiger partial charge in [-0.3, -0.25) is 0 Å². The third kappa shape index (κ3) is 1.31. The molecule has 3 aliphatic rings. The van der Waals surface area contributed by atoms with Gasteiger partial charge in [-0.1, -0.05) is 12.1 Å². The van der Waals surface area contributed by atoms with Crippen molar-refractivity contribution in [2.45, 2.75) is 16.9 Å². The molecular formula is C11H12FNS. The number of para-hydroxylation sites is 1. The van der Waals surface area contributed by atoms with Gasteiger partial charge in [-0.2, -0.15) is 11.8 Å². The largest absolute Gasteiger partial charge is 0.367 e. The van der Waals surface area contributed by atoms with Gasteiger partial charge in [0.05, 0.1) is 5.69 Å². The van der Waals surface area contributed by atoms with E-state index in [4.69, 9.17) is 0 Å². The minimum absolute atomic E-state index is 0.0844. The number of thioether (sulfide) groups is 1. The molecule has 2 bridgehead atoms. The second kappa shape index (κ2) is 3.16. The van der Waals surface area contributed by atoms with Crippen molar-refractivity contribution in [2.75, 3.05) is 18.0 Å². The molecule has 3 aliphatic heterocycles. The van der Waals surface area contributed by atoms with Crippen LogP contribution in [0.5, 0.6) is 0 Å². The van der Waals surface area contributed by atoms with Crippen molar-refractivity contribution < 1.29 is 4.39 Å². The number of benzene rings is 1. The van der Waals surface area contributed by atoms with Gasteiger partial charge in [0.25, 0.3) is 0 Å². The molecule has 3 saturated heterocycles. The van der Waals surface area contributed by atoms with Crippen LogP contribution in [0.3, 0.4) is 0 Å². The summed E-state index contributed by atoms with van der Waals surface area (Å²) in [6, 6.07) is 7.08. The van der Waals surface area contributed by atoms with E-state index in [-0.39, 0.29) is 5.82 Å². The first-order chi connectivity index (χ1) is 6.83. The molecule has 0 N–H and O–H groups in total. The van der Waals surface area contributed by atoms with E-state index in [0.717, 1.165) is 29.3 Å². The first-order valence-electron chi connectivity index (χ1n) is 4.98. The van der Waals surface area contributed by atoms with Gasteiger partial charge in [0.2, 0.25) is 0 Å². The van der Waals surface area contributed by atoms with Gasteiger partial charge in [-0.15, -0.1) is 0 Å². The Morgan fingerprint density at radius 1 is 1.21 bits per heavy atom. The SMILES string of the molecule is Fc1ccccc1N1CC2CC(C1)S2. The third-order valence-electron chi connectivity index (χ3n) is 2.95. The highest BCUT2D eigenvalue weighted by Crippen LogP contribution is 2.43. The fourth-order valence-corrected chi connectivity index (χ4v) is 3.67. The summed E-state index contributed by atoms with van der Waals surface area (Å²) in [6.45, 7) is 2.03. The van der Waals surface area contributed by atoms with E-state index < -0.39 is 0 Å². The predicted octanol–water partition coefficient (Wildman–Crippen LogP) is 2.52. The maximum atomic E-state index is 13.5. The van der Waals surface area contributed by atoms with E-state index in [1.54, 1.807) is 12.1 Å². The lowest BCUT2D eigenvalue weighted by atomic mass is 10.1. The first kappa shape index (κ1) is 8.60. The monoisotopic (exact) mass is 209 g/mol. The van der Waals surface area contributed by atoms with Crippen molar-refractivity contribution in [2.24, 2.45) is 0 Å². The van der Waals surface area contributed by atoms with Gasteiger partial charge < -0.3 is 4.90 Å². The third-order valence-corrected chi connectivity index (χ3v) is 4.40. The van der Waals surface area contributed by atoms with E-state index >= 15 is 0 Å². The average Bonchev–Trinajstić information content (AvgIpc) is 2.17. The van der Waals surface area contributed by atoms with Crippen LogP contribution in [0.2, 0.25) is 0 Å². The summed E-state index contributed by atoms with van der Waals surface area (Å²) in [6.07, 6.45) is 1.33. The number of rotatable bonds is 1. The zero-order chi connectivity index (χ0) is 9.54. The van der Waals surface area contributed by atoms with Gasteiger partial charge in [0.15, 0.2) is 0 Å². The molecule has 3 heterocycles. The van der Waals surface area contributed by atoms with E-state index in [2.05, 4.69) is 16.7 Å². The maximum absolute atomic E-state index is 13.5. The molecule has 1 aromatic carbocycles. The number of anilines is 1. The van der Waals surface area contributed by atoms with Crippen LogP contribution in [0.25, 0.3) is 0 Å². The van der Waals surface area contributed by atoms with Crippen LogP contribution in [0.1, 0.15) is 6.42 Å². The van der Waals surface area contributed by atoms with Gasteiger partial charge in [-0.05, 0) is 18.6 Å². The number of hydrogen-bond acceptors (Lipinski definition) is 2. The Hall–Kier alpha value is -0.700. The highest BCUT2D eigenvalue weighted by atomic mass is 32.2. The number of fused-ring (bicyclic) bond motifs is 2. The molecule has 0 radical (unpaired) electrons. The zero-order valence-electron chi connectivity index (χ0n) is 7.82. The lowest BCUT2D eigenvalue weighted by Gasteiger charge is -2.47. The molecule has 0 saturated carbocycles. The molecule has 0 spiro atoms. The minimum atomic E-state index is -0.0844. The smallest absolute Gasteiger partial charge is 0.146 e. The second-order valence-corrected chi connectivity index (χ2v) is 5.58. The van der Waals surface area contributed by atoms with Crippen molar-refractivity contribution in [3.63, 3.8) is 0 Å². The maximum Gasteiger partial charge on any atom is 0.146 e. The zero-order valence-corrected chi connectivity index (χ0v) is 8.64. The number of hydrogen-bond donors (Lipinski definition) is 0. The molecular weight excluding hydrogens is 197 g/mol. The van der Waals surface area contributed by atoms with E-state index in [0.29, 0.717) is 0 Å². The molecule has 3 fully saturated rings. The number of nitrogens with zero attached hydrogens (tertiary/aromatic N) is 1. The summed E-state index contributed by atoms with van der Waals surface area (Å²) in [7, 11) is 0. The summed E-state index contributed by atoms with van der Waals surface area (Å²) in [4.78, 5) is 2.19. The standard InChI is InChI=1S/C11H12FNS/c12-10-3-1-2-4-11(10)13-6-8-5-9(7-13)14-8/h1-4,8-9H,5-7H2. The molecule has 3 heteroatoms. The molecule has 4 rings (SSSR count). The molecule has 0 aliphatic carbocycles. The summed E-state index contributed by atoms with van der Waals surface area (Å²) >= 11 is 2.06. The fraction of sp³-hybridized carbons (Fsp3) is 0.455. The second-order valence-electron chi connectivity index (χ2n) is 3.97. The highest BCUT2D eigenvalue weighted by molar-refractivity contribution is 8.02. The minimum Gasteiger partial charge on any atom is -0.367 e. The average molecular weight is 209 g/mol. The molecule has 74 valence electrons. The Labute approximate surface area is 87.3 Å². The lowest BCUT2D eigenvalue weighted by molar-refractivity contribution is 0.542. The van der Waals surface area contributed by atoms with Gasteiger partial charge in [0.1, 0.15) is 5.82 Å². The lowest BCUT2D eigenvalue weighted by Crippen LogP contribution is -2.51. The Kier molecular flexibility index (Phi) is 1.94. The molecule has 1 nitrogen and oxygen atoms in total. The topological polar surface area (TPSA) is 3.24 Å². The van der Waals surface area contributed by atoms with Gasteiger partial charge in [0, 0.05) is 23.6 Å². The van der Waals surface area contributed by atoms with Crippen LogP contribution >= 0.6 is 11.8 Å². The Bertz CT molecular complexity index is 339. The van der Waals surface area contributed by atoms with Crippen molar-refractivity contribution in [3.8, 4) is 0 Å². The van der Waals surface area contributed by atoms with Crippen LogP contribution in [-0.2, 0) is 0 Å². The summed E-state index contributed by atoms with van der Waals surface area (Å²) in [5.41, 5.74) is 0.780. The van der Waals surface area contributed by atoms with Crippen molar-refractivity contribution in [1.82, 2.24) is 0 Å². The molecule has 2 unspecified atom stereocenters. The van der Waals surface area contributed by atoms with Crippen LogP contribution in [0.4, 0.5) is 10.1 Å². The van der Waals surface area contributed by atoms with Crippen LogP contribution in [0, 0.1) is 5.82 Å². The summed E-state index contributed by atoms with van der Waals surface area (Å²) in [5, 5.41) is 1.49. The van der Waals surface area contributed by atoms with Gasteiger partial charge in [-0.25, -0.2) is 4.39 Å². The number of piperidine rings is 1. The Balaban J connectivity index is 1.85. The predicted molar refractivity (Wildman–Crippen MR) is 58.4 cm³/mol. The van der Waals surface area contributed by atoms with Crippen LogP contribution < -0.4 is 4.90 Å². The molecule has 0 aromatic heterocycles. The number of halogens is 1. The van der Waals surface area contributed by atoms with E-state index in [1.165, 1.54) is 6.42 Å². The Morgan fingerprint density at radius 2 is 1.86 bits per heavy atom.